The highest BCUT2D eigenvalue weighted by atomic mass is 32.1. The van der Waals surface area contributed by atoms with Gasteiger partial charge in [-0.05, 0) is 56.1 Å². The number of amides is 1. The number of hydrogen-bond donors (Lipinski definition) is 1. The highest BCUT2D eigenvalue weighted by Crippen LogP contribution is 2.26. The van der Waals surface area contributed by atoms with E-state index in [2.05, 4.69) is 44.5 Å². The normalized spacial score (nSPS) is 14.3. The van der Waals surface area contributed by atoms with Crippen molar-refractivity contribution < 1.29 is 4.79 Å². The topological polar surface area (TPSA) is 58.1 Å². The van der Waals surface area contributed by atoms with Gasteiger partial charge in [-0.15, -0.1) is 11.3 Å². The van der Waals surface area contributed by atoms with Gasteiger partial charge in [0.1, 0.15) is 9.88 Å². The molecule has 1 fully saturated rings. The van der Waals surface area contributed by atoms with E-state index in [4.69, 9.17) is 0 Å². The summed E-state index contributed by atoms with van der Waals surface area (Å²) in [7, 11) is 0. The number of aromatic nitrogens is 2. The average molecular weight is 393 g/mol. The van der Waals surface area contributed by atoms with Crippen LogP contribution >= 0.6 is 11.3 Å². The van der Waals surface area contributed by atoms with Crippen molar-refractivity contribution in [1.82, 2.24) is 20.2 Å². The first-order chi connectivity index (χ1) is 13.7. The summed E-state index contributed by atoms with van der Waals surface area (Å²) in [4.78, 5) is 24.6. The van der Waals surface area contributed by atoms with Crippen LogP contribution in [0.4, 0.5) is 0 Å². The number of thiazole rings is 1. The smallest absolute Gasteiger partial charge is 0.263 e. The largest absolute Gasteiger partial charge is 0.347 e. The lowest BCUT2D eigenvalue weighted by molar-refractivity contribution is 0.0954. The Morgan fingerprint density at radius 3 is 2.57 bits per heavy atom. The second-order valence-electron chi connectivity index (χ2n) is 7.13. The average Bonchev–Trinajstić information content (AvgIpc) is 3.37. The maximum atomic E-state index is 12.6. The molecule has 6 heteroatoms. The highest BCUT2D eigenvalue weighted by molar-refractivity contribution is 7.17. The molecule has 1 N–H and O–H groups in total. The zero-order chi connectivity index (χ0) is 19.3. The van der Waals surface area contributed by atoms with Gasteiger partial charge in [0.2, 0.25) is 0 Å². The van der Waals surface area contributed by atoms with Gasteiger partial charge in [0.25, 0.3) is 5.91 Å². The molecule has 0 unspecified atom stereocenters. The predicted octanol–water partition coefficient (Wildman–Crippen LogP) is 4.04. The predicted molar refractivity (Wildman–Crippen MR) is 112 cm³/mol. The van der Waals surface area contributed by atoms with Gasteiger partial charge < -0.3 is 5.32 Å². The number of likely N-dealkylation sites (tertiary alicyclic amines) is 1. The number of nitrogens with one attached hydrogen (secondary N) is 1. The first kappa shape index (κ1) is 18.8. The van der Waals surface area contributed by atoms with Crippen molar-refractivity contribution in [1.29, 1.82) is 0 Å². The van der Waals surface area contributed by atoms with E-state index in [9.17, 15) is 4.79 Å². The van der Waals surface area contributed by atoms with Gasteiger partial charge in [0, 0.05) is 19.3 Å². The molecule has 28 heavy (non-hydrogen) atoms. The van der Waals surface area contributed by atoms with Crippen LogP contribution in [0.15, 0.2) is 48.7 Å². The third-order valence-corrected chi connectivity index (χ3v) is 6.15. The van der Waals surface area contributed by atoms with E-state index >= 15 is 0 Å². The molecule has 1 saturated heterocycles. The SMILES string of the molecule is Cc1nc(-c2ccccn2)sc1C(=O)NCc1ccc(CN2CCCC2)cc1. The van der Waals surface area contributed by atoms with E-state index in [-0.39, 0.29) is 5.91 Å². The van der Waals surface area contributed by atoms with Crippen LogP contribution in [0.3, 0.4) is 0 Å². The standard InChI is InChI=1S/C22H24N4OS/c1-16-20(28-22(25-16)19-6-2-3-11-23-19)21(27)24-14-17-7-9-18(10-8-17)15-26-12-4-5-13-26/h2-3,6-11H,4-5,12-15H2,1H3,(H,24,27). The number of benzene rings is 1. The van der Waals surface area contributed by atoms with Gasteiger partial charge in [0.15, 0.2) is 0 Å². The zero-order valence-corrected chi connectivity index (χ0v) is 16.8. The second kappa shape index (κ2) is 8.63. The van der Waals surface area contributed by atoms with E-state index in [1.807, 2.05) is 25.1 Å². The number of carbonyl (C=O) groups is 1. The van der Waals surface area contributed by atoms with Gasteiger partial charge in [-0.1, -0.05) is 30.3 Å². The van der Waals surface area contributed by atoms with Crippen molar-refractivity contribution >= 4 is 17.2 Å². The lowest BCUT2D eigenvalue weighted by atomic mass is 10.1. The number of aryl methyl sites for hydroxylation is 1. The van der Waals surface area contributed by atoms with E-state index in [1.54, 1.807) is 6.20 Å². The Labute approximate surface area is 169 Å². The van der Waals surface area contributed by atoms with Crippen LogP contribution in [0.2, 0.25) is 0 Å². The maximum Gasteiger partial charge on any atom is 0.263 e. The lowest BCUT2D eigenvalue weighted by Crippen LogP contribution is -2.22. The fourth-order valence-corrected chi connectivity index (χ4v) is 4.39. The fraction of sp³-hybridized carbons (Fsp3) is 0.318. The number of hydrogen-bond acceptors (Lipinski definition) is 5. The summed E-state index contributed by atoms with van der Waals surface area (Å²) in [5.41, 5.74) is 3.97. The molecular formula is C22H24N4OS. The number of pyridine rings is 1. The van der Waals surface area contributed by atoms with Crippen LogP contribution in [0.1, 0.15) is 39.3 Å². The minimum atomic E-state index is -0.0849. The van der Waals surface area contributed by atoms with Crippen molar-refractivity contribution in [2.45, 2.75) is 32.9 Å². The molecule has 0 bridgehead atoms. The third-order valence-electron chi connectivity index (χ3n) is 4.97. The molecule has 144 valence electrons. The van der Waals surface area contributed by atoms with Crippen LogP contribution < -0.4 is 5.32 Å². The van der Waals surface area contributed by atoms with Gasteiger partial charge in [-0.2, -0.15) is 0 Å². The molecule has 1 aliphatic heterocycles. The zero-order valence-electron chi connectivity index (χ0n) is 16.0. The van der Waals surface area contributed by atoms with Crippen molar-refractivity contribution in [3.63, 3.8) is 0 Å². The van der Waals surface area contributed by atoms with Crippen molar-refractivity contribution in [3.05, 3.63) is 70.4 Å². The van der Waals surface area contributed by atoms with Gasteiger partial charge in [-0.25, -0.2) is 4.98 Å². The molecule has 3 heterocycles. The summed E-state index contributed by atoms with van der Waals surface area (Å²) in [6.45, 7) is 5.80. The second-order valence-corrected chi connectivity index (χ2v) is 8.13. The van der Waals surface area contributed by atoms with E-state index in [0.717, 1.165) is 28.5 Å². The monoisotopic (exact) mass is 392 g/mol. The summed E-state index contributed by atoms with van der Waals surface area (Å²) in [5, 5.41) is 3.79. The molecule has 0 spiro atoms. The van der Waals surface area contributed by atoms with E-state index in [0.29, 0.717) is 11.4 Å². The minimum Gasteiger partial charge on any atom is -0.347 e. The Bertz CT molecular complexity index is 931. The summed E-state index contributed by atoms with van der Waals surface area (Å²) in [5.74, 6) is -0.0849. The molecule has 5 nitrogen and oxygen atoms in total. The Kier molecular flexibility index (Phi) is 5.78. The quantitative estimate of drug-likeness (QED) is 0.688. The Morgan fingerprint density at radius 1 is 1.11 bits per heavy atom. The van der Waals surface area contributed by atoms with Crippen molar-refractivity contribution in [2.24, 2.45) is 0 Å². The fourth-order valence-electron chi connectivity index (χ4n) is 3.43. The molecule has 0 aliphatic carbocycles. The summed E-state index contributed by atoms with van der Waals surface area (Å²) < 4.78 is 0. The number of nitrogens with zero attached hydrogens (tertiary/aromatic N) is 3. The minimum absolute atomic E-state index is 0.0849. The summed E-state index contributed by atoms with van der Waals surface area (Å²) in [6, 6.07) is 14.2. The molecule has 0 atom stereocenters. The molecule has 1 aliphatic rings. The van der Waals surface area contributed by atoms with Gasteiger partial charge in [-0.3, -0.25) is 14.7 Å². The molecule has 2 aromatic heterocycles. The van der Waals surface area contributed by atoms with Crippen LogP contribution in [0, 0.1) is 6.92 Å². The van der Waals surface area contributed by atoms with Crippen LogP contribution in [-0.2, 0) is 13.1 Å². The molecule has 3 aromatic rings. The van der Waals surface area contributed by atoms with Crippen LogP contribution in [-0.4, -0.2) is 33.9 Å². The van der Waals surface area contributed by atoms with E-state index in [1.165, 1.54) is 42.8 Å². The lowest BCUT2D eigenvalue weighted by Gasteiger charge is -2.14. The summed E-state index contributed by atoms with van der Waals surface area (Å²) >= 11 is 1.38. The molecule has 1 amide bonds. The number of carbonyl (C=O) groups excluding carboxylic acids is 1. The van der Waals surface area contributed by atoms with Crippen LogP contribution in [0.25, 0.3) is 10.7 Å². The Morgan fingerprint density at radius 2 is 1.86 bits per heavy atom. The Balaban J connectivity index is 1.36. The molecular weight excluding hydrogens is 368 g/mol. The van der Waals surface area contributed by atoms with Gasteiger partial charge in [0.05, 0.1) is 11.4 Å². The maximum absolute atomic E-state index is 12.6. The Hall–Kier alpha value is -2.57. The molecule has 0 radical (unpaired) electrons. The van der Waals surface area contributed by atoms with Crippen molar-refractivity contribution in [2.75, 3.05) is 13.1 Å². The number of rotatable bonds is 6. The molecule has 1 aromatic carbocycles. The van der Waals surface area contributed by atoms with Crippen LogP contribution in [0.5, 0.6) is 0 Å². The molecule has 4 rings (SSSR count). The van der Waals surface area contributed by atoms with Gasteiger partial charge >= 0.3 is 0 Å². The van der Waals surface area contributed by atoms with Crippen molar-refractivity contribution in [3.8, 4) is 10.7 Å². The van der Waals surface area contributed by atoms with E-state index < -0.39 is 0 Å². The first-order valence-electron chi connectivity index (χ1n) is 9.66. The molecule has 0 saturated carbocycles. The first-order valence-corrected chi connectivity index (χ1v) is 10.5. The summed E-state index contributed by atoms with van der Waals surface area (Å²) in [6.07, 6.45) is 4.35. The highest BCUT2D eigenvalue weighted by Gasteiger charge is 2.16. The third kappa shape index (κ3) is 4.46.